The van der Waals surface area contributed by atoms with Crippen molar-refractivity contribution in [3.8, 4) is 11.1 Å². The average Bonchev–Trinajstić information content (AvgIpc) is 3.25. The molecule has 0 spiro atoms. The van der Waals surface area contributed by atoms with Crippen molar-refractivity contribution in [3.05, 3.63) is 85.1 Å². The molecule has 0 aliphatic heterocycles. The van der Waals surface area contributed by atoms with Crippen molar-refractivity contribution in [2.75, 3.05) is 16.0 Å². The summed E-state index contributed by atoms with van der Waals surface area (Å²) in [6.07, 6.45) is 1.02. The van der Waals surface area contributed by atoms with Gasteiger partial charge in [0.2, 0.25) is 11.9 Å². The normalized spacial score (nSPS) is 11.1. The maximum absolute atomic E-state index is 14.7. The molecule has 184 valence electrons. The number of anilines is 5. The van der Waals surface area contributed by atoms with E-state index in [0.29, 0.717) is 5.69 Å². The van der Waals surface area contributed by atoms with E-state index in [4.69, 9.17) is 0 Å². The van der Waals surface area contributed by atoms with Gasteiger partial charge in [0, 0.05) is 30.7 Å². The summed E-state index contributed by atoms with van der Waals surface area (Å²) in [7, 11) is 1.72. The second kappa shape index (κ2) is 9.86. The number of rotatable bonds is 7. The Morgan fingerprint density at radius 2 is 1.89 bits per heavy atom. The number of benzene rings is 2. The first kappa shape index (κ1) is 24.4. The standard InChI is InChI=1S/C24H19F4N7O/c1-3-21(36)31-16-7-8-19(25)20(10-16)33-22-18(14-5-4-6-15(9-14)24(26,27)28)12-29-23(34-22)32-17-11-30-35(2)13-17/h3-13H,1H2,2H3,(H,31,36)(H2,29,32,33,34). The van der Waals surface area contributed by atoms with Crippen molar-refractivity contribution in [2.45, 2.75) is 6.18 Å². The highest BCUT2D eigenvalue weighted by molar-refractivity contribution is 5.99. The molecule has 0 radical (unpaired) electrons. The molecule has 2 aromatic heterocycles. The van der Waals surface area contributed by atoms with Crippen LogP contribution in [-0.4, -0.2) is 25.7 Å². The molecular weight excluding hydrogens is 478 g/mol. The van der Waals surface area contributed by atoms with Crippen molar-refractivity contribution in [2.24, 2.45) is 7.05 Å². The zero-order chi connectivity index (χ0) is 25.9. The maximum Gasteiger partial charge on any atom is 0.416 e. The highest BCUT2D eigenvalue weighted by Crippen LogP contribution is 2.35. The third-order valence-corrected chi connectivity index (χ3v) is 4.92. The lowest BCUT2D eigenvalue weighted by molar-refractivity contribution is -0.137. The lowest BCUT2D eigenvalue weighted by Gasteiger charge is -2.15. The van der Waals surface area contributed by atoms with Gasteiger partial charge in [0.1, 0.15) is 11.6 Å². The summed E-state index contributed by atoms with van der Waals surface area (Å²) in [5.41, 5.74) is 0.261. The van der Waals surface area contributed by atoms with Gasteiger partial charge in [-0.2, -0.15) is 23.3 Å². The molecule has 0 atom stereocenters. The summed E-state index contributed by atoms with van der Waals surface area (Å²) in [4.78, 5) is 20.2. The number of hydrogen-bond donors (Lipinski definition) is 3. The smallest absolute Gasteiger partial charge is 0.337 e. The first-order chi connectivity index (χ1) is 17.1. The Labute approximate surface area is 202 Å². The van der Waals surface area contributed by atoms with Crippen LogP contribution >= 0.6 is 0 Å². The second-order valence-corrected chi connectivity index (χ2v) is 7.58. The summed E-state index contributed by atoms with van der Waals surface area (Å²) < 4.78 is 56.2. The number of aromatic nitrogens is 4. The van der Waals surface area contributed by atoms with E-state index in [1.807, 2.05) is 0 Å². The molecule has 4 rings (SSSR count). The summed E-state index contributed by atoms with van der Waals surface area (Å²) >= 11 is 0. The van der Waals surface area contributed by atoms with Gasteiger partial charge < -0.3 is 16.0 Å². The molecule has 0 saturated carbocycles. The Balaban J connectivity index is 1.77. The van der Waals surface area contributed by atoms with Crippen LogP contribution in [0.4, 0.5) is 46.4 Å². The third-order valence-electron chi connectivity index (χ3n) is 4.92. The molecule has 3 N–H and O–H groups in total. The Morgan fingerprint density at radius 1 is 1.08 bits per heavy atom. The Kier molecular flexibility index (Phi) is 6.68. The van der Waals surface area contributed by atoms with Crippen molar-refractivity contribution < 1.29 is 22.4 Å². The molecule has 0 saturated heterocycles. The van der Waals surface area contributed by atoms with Crippen LogP contribution in [0, 0.1) is 5.82 Å². The van der Waals surface area contributed by atoms with E-state index in [9.17, 15) is 22.4 Å². The fourth-order valence-corrected chi connectivity index (χ4v) is 3.25. The predicted molar refractivity (Wildman–Crippen MR) is 127 cm³/mol. The summed E-state index contributed by atoms with van der Waals surface area (Å²) in [6.45, 7) is 3.37. The number of nitrogens with one attached hydrogen (secondary N) is 3. The van der Waals surface area contributed by atoms with Gasteiger partial charge in [-0.25, -0.2) is 9.37 Å². The lowest BCUT2D eigenvalue weighted by atomic mass is 10.0. The molecule has 8 nitrogen and oxygen atoms in total. The largest absolute Gasteiger partial charge is 0.416 e. The molecule has 0 aliphatic rings. The van der Waals surface area contributed by atoms with E-state index in [0.717, 1.165) is 24.3 Å². The van der Waals surface area contributed by atoms with Crippen LogP contribution < -0.4 is 16.0 Å². The van der Waals surface area contributed by atoms with E-state index in [1.54, 1.807) is 17.9 Å². The van der Waals surface area contributed by atoms with E-state index < -0.39 is 23.5 Å². The zero-order valence-corrected chi connectivity index (χ0v) is 18.8. The number of nitrogens with zero attached hydrogens (tertiary/aromatic N) is 4. The molecule has 0 unspecified atom stereocenters. The number of aryl methyl sites for hydroxylation is 1. The molecule has 36 heavy (non-hydrogen) atoms. The fraction of sp³-hybridized carbons (Fsp3) is 0.0833. The highest BCUT2D eigenvalue weighted by atomic mass is 19.4. The van der Waals surface area contributed by atoms with Crippen LogP contribution in [0.15, 0.2) is 73.7 Å². The SMILES string of the molecule is C=CC(=O)Nc1ccc(F)c(Nc2nc(Nc3cnn(C)c3)ncc2-c2cccc(C(F)(F)F)c2)c1. The number of carbonyl (C=O) groups excluding carboxylic acids is 1. The Bertz CT molecular complexity index is 1430. The van der Waals surface area contributed by atoms with Crippen LogP contribution in [-0.2, 0) is 18.0 Å². The van der Waals surface area contributed by atoms with Crippen molar-refractivity contribution in [3.63, 3.8) is 0 Å². The van der Waals surface area contributed by atoms with Crippen LogP contribution in [0.5, 0.6) is 0 Å². The minimum atomic E-state index is -4.56. The summed E-state index contributed by atoms with van der Waals surface area (Å²) in [5, 5.41) is 12.3. The minimum Gasteiger partial charge on any atom is -0.337 e. The average molecular weight is 497 g/mol. The van der Waals surface area contributed by atoms with Gasteiger partial charge >= 0.3 is 6.18 Å². The monoisotopic (exact) mass is 497 g/mol. The molecule has 0 aliphatic carbocycles. The van der Waals surface area contributed by atoms with E-state index in [-0.39, 0.29) is 34.3 Å². The van der Waals surface area contributed by atoms with E-state index >= 15 is 0 Å². The van der Waals surface area contributed by atoms with Gasteiger partial charge in [0.15, 0.2) is 0 Å². The van der Waals surface area contributed by atoms with Crippen LogP contribution in [0.2, 0.25) is 0 Å². The molecule has 2 aromatic carbocycles. The zero-order valence-electron chi connectivity index (χ0n) is 18.8. The molecule has 0 bridgehead atoms. The van der Waals surface area contributed by atoms with Gasteiger partial charge in [-0.3, -0.25) is 9.48 Å². The molecule has 1 amide bonds. The van der Waals surface area contributed by atoms with Crippen LogP contribution in [0.1, 0.15) is 5.56 Å². The number of carbonyl (C=O) groups is 1. The number of amides is 1. The number of hydrogen-bond acceptors (Lipinski definition) is 6. The van der Waals surface area contributed by atoms with Gasteiger partial charge in [-0.1, -0.05) is 18.7 Å². The Hall–Kier alpha value is -4.74. The molecule has 0 fully saturated rings. The topological polar surface area (TPSA) is 96.8 Å². The first-order valence-corrected chi connectivity index (χ1v) is 10.4. The summed E-state index contributed by atoms with van der Waals surface area (Å²) in [6, 6.07) is 8.42. The van der Waals surface area contributed by atoms with E-state index in [2.05, 4.69) is 37.6 Å². The van der Waals surface area contributed by atoms with Crippen molar-refractivity contribution in [1.82, 2.24) is 19.7 Å². The third kappa shape index (κ3) is 5.66. The highest BCUT2D eigenvalue weighted by Gasteiger charge is 2.30. The van der Waals surface area contributed by atoms with E-state index in [1.165, 1.54) is 36.7 Å². The maximum atomic E-state index is 14.7. The van der Waals surface area contributed by atoms with Gasteiger partial charge in [0.05, 0.1) is 23.1 Å². The number of halogens is 4. The van der Waals surface area contributed by atoms with Gasteiger partial charge in [-0.15, -0.1) is 0 Å². The number of alkyl halides is 3. The van der Waals surface area contributed by atoms with Crippen LogP contribution in [0.3, 0.4) is 0 Å². The summed E-state index contributed by atoms with van der Waals surface area (Å²) in [5.74, 6) is -1.05. The molecule has 4 aromatic rings. The molecule has 12 heteroatoms. The van der Waals surface area contributed by atoms with Crippen molar-refractivity contribution in [1.29, 1.82) is 0 Å². The van der Waals surface area contributed by atoms with Gasteiger partial charge in [-0.05, 0) is 42.0 Å². The second-order valence-electron chi connectivity index (χ2n) is 7.58. The first-order valence-electron chi connectivity index (χ1n) is 10.4. The Morgan fingerprint density at radius 3 is 2.58 bits per heavy atom. The lowest BCUT2D eigenvalue weighted by Crippen LogP contribution is -2.08. The molecular formula is C24H19F4N7O. The minimum absolute atomic E-state index is 0.0295. The van der Waals surface area contributed by atoms with Gasteiger partial charge in [0.25, 0.3) is 0 Å². The fourth-order valence-electron chi connectivity index (χ4n) is 3.25. The predicted octanol–water partition coefficient (Wildman–Crippen LogP) is 5.65. The molecule has 2 heterocycles. The van der Waals surface area contributed by atoms with Crippen LogP contribution in [0.25, 0.3) is 11.1 Å². The quantitative estimate of drug-likeness (QED) is 0.226. The van der Waals surface area contributed by atoms with Crippen molar-refractivity contribution >= 4 is 34.7 Å².